The van der Waals surface area contributed by atoms with Crippen molar-refractivity contribution in [2.24, 2.45) is 5.92 Å². The van der Waals surface area contributed by atoms with E-state index in [1.54, 1.807) is 14.2 Å². The van der Waals surface area contributed by atoms with Crippen molar-refractivity contribution in [3.8, 4) is 11.5 Å². The molecule has 2 atom stereocenters. The molecule has 27 heavy (non-hydrogen) atoms. The Balaban J connectivity index is 1.58. The predicted octanol–water partition coefficient (Wildman–Crippen LogP) is 2.03. The summed E-state index contributed by atoms with van der Waals surface area (Å²) in [7, 11) is 3.29. The fourth-order valence-corrected chi connectivity index (χ4v) is 4.02. The van der Waals surface area contributed by atoms with Gasteiger partial charge < -0.3 is 25.0 Å². The first-order chi connectivity index (χ1) is 13.1. The van der Waals surface area contributed by atoms with Gasteiger partial charge >= 0.3 is 0 Å². The first-order valence-corrected chi connectivity index (χ1v) is 10.1. The fourth-order valence-electron chi connectivity index (χ4n) is 3.70. The van der Waals surface area contributed by atoms with E-state index < -0.39 is 0 Å². The third-order valence-electron chi connectivity index (χ3n) is 5.61. The monoisotopic (exact) mass is 389 g/mol. The lowest BCUT2D eigenvalue weighted by Crippen LogP contribution is -2.41. The van der Waals surface area contributed by atoms with E-state index in [-0.39, 0.29) is 17.7 Å². The molecule has 1 aromatic carbocycles. The van der Waals surface area contributed by atoms with Crippen LogP contribution in [-0.2, 0) is 4.79 Å². The average Bonchev–Trinajstić information content (AvgIpc) is 3.61. The van der Waals surface area contributed by atoms with Crippen LogP contribution in [0.1, 0.15) is 37.2 Å². The molecule has 4 rings (SSSR count). The minimum atomic E-state index is -0.146. The van der Waals surface area contributed by atoms with Gasteiger partial charge in [0, 0.05) is 42.7 Å². The van der Waals surface area contributed by atoms with Crippen molar-refractivity contribution in [2.45, 2.75) is 43.7 Å². The van der Waals surface area contributed by atoms with Gasteiger partial charge in [-0.05, 0) is 44.0 Å². The van der Waals surface area contributed by atoms with Gasteiger partial charge in [0.05, 0.1) is 20.1 Å². The molecule has 2 aliphatic carbocycles. The molecule has 2 N–H and O–H groups in total. The quantitative estimate of drug-likeness (QED) is 0.726. The van der Waals surface area contributed by atoms with E-state index in [9.17, 15) is 4.79 Å². The molecule has 0 bridgehead atoms. The number of rotatable bonds is 6. The number of carbonyl (C=O) groups excluding carboxylic acids is 1. The molecular weight excluding hydrogens is 362 g/mol. The molecule has 1 saturated heterocycles. The van der Waals surface area contributed by atoms with Crippen LogP contribution in [0.4, 0.5) is 0 Å². The van der Waals surface area contributed by atoms with Crippen LogP contribution in [0.15, 0.2) is 18.2 Å². The summed E-state index contributed by atoms with van der Waals surface area (Å²) in [5, 5.41) is 7.34. The molecular formula is C20H27N3O3S. The van der Waals surface area contributed by atoms with Crippen molar-refractivity contribution in [1.82, 2.24) is 15.5 Å². The van der Waals surface area contributed by atoms with Crippen LogP contribution in [0.25, 0.3) is 0 Å². The molecule has 2 saturated carbocycles. The second-order valence-corrected chi connectivity index (χ2v) is 8.12. The van der Waals surface area contributed by atoms with Crippen molar-refractivity contribution in [3.05, 3.63) is 23.8 Å². The molecule has 0 aromatic heterocycles. The Morgan fingerprint density at radius 3 is 2.41 bits per heavy atom. The number of hydrogen-bond acceptors (Lipinski definition) is 4. The van der Waals surface area contributed by atoms with E-state index in [0.29, 0.717) is 25.2 Å². The zero-order chi connectivity index (χ0) is 19.0. The number of nitrogens with zero attached hydrogens (tertiary/aromatic N) is 1. The number of carbonyl (C=O) groups is 1. The number of benzene rings is 1. The molecule has 1 aliphatic heterocycles. The van der Waals surface area contributed by atoms with E-state index >= 15 is 0 Å². The Labute approximate surface area is 165 Å². The zero-order valence-corrected chi connectivity index (χ0v) is 16.7. The number of amides is 1. The molecule has 146 valence electrons. The molecule has 0 radical (unpaired) electrons. The molecule has 0 unspecified atom stereocenters. The van der Waals surface area contributed by atoms with Gasteiger partial charge in [0.25, 0.3) is 0 Å². The molecule has 7 heteroatoms. The third kappa shape index (κ3) is 4.13. The highest BCUT2D eigenvalue weighted by Gasteiger charge is 2.42. The summed E-state index contributed by atoms with van der Waals surface area (Å²) in [4.78, 5) is 15.1. The van der Waals surface area contributed by atoms with Crippen LogP contribution in [0.2, 0.25) is 0 Å². The van der Waals surface area contributed by atoms with Crippen molar-refractivity contribution in [1.29, 1.82) is 0 Å². The number of nitrogens with one attached hydrogen (secondary N) is 2. The highest BCUT2D eigenvalue weighted by atomic mass is 32.1. The Hall–Kier alpha value is -2.02. The number of ether oxygens (including phenoxy) is 2. The number of likely N-dealkylation sites (tertiary alicyclic amines) is 1. The normalized spacial score (nSPS) is 24.4. The summed E-state index contributed by atoms with van der Waals surface area (Å²) in [5.74, 6) is 1.51. The van der Waals surface area contributed by atoms with Crippen LogP contribution in [0.3, 0.4) is 0 Å². The average molecular weight is 390 g/mol. The van der Waals surface area contributed by atoms with Gasteiger partial charge in [-0.25, -0.2) is 0 Å². The molecule has 1 amide bonds. The van der Waals surface area contributed by atoms with Crippen molar-refractivity contribution >= 4 is 23.2 Å². The Morgan fingerprint density at radius 2 is 1.78 bits per heavy atom. The molecule has 6 nitrogen and oxygen atoms in total. The highest BCUT2D eigenvalue weighted by Crippen LogP contribution is 2.40. The van der Waals surface area contributed by atoms with Gasteiger partial charge in [0.1, 0.15) is 11.5 Å². The minimum absolute atomic E-state index is 0.0311. The maximum Gasteiger partial charge on any atom is 0.225 e. The van der Waals surface area contributed by atoms with Crippen LogP contribution >= 0.6 is 12.2 Å². The largest absolute Gasteiger partial charge is 0.497 e. The van der Waals surface area contributed by atoms with Gasteiger partial charge in [-0.3, -0.25) is 4.79 Å². The Bertz CT molecular complexity index is 733. The Morgan fingerprint density at radius 1 is 1.07 bits per heavy atom. The van der Waals surface area contributed by atoms with Crippen molar-refractivity contribution in [2.75, 3.05) is 27.3 Å². The van der Waals surface area contributed by atoms with Gasteiger partial charge in [0.15, 0.2) is 5.11 Å². The van der Waals surface area contributed by atoms with Crippen molar-refractivity contribution < 1.29 is 14.3 Å². The number of hydrogen-bond donors (Lipinski definition) is 2. The maximum atomic E-state index is 12.9. The first kappa shape index (κ1) is 18.3. The lowest BCUT2D eigenvalue weighted by atomic mass is 9.87. The van der Waals surface area contributed by atoms with Gasteiger partial charge in [0.2, 0.25) is 5.91 Å². The second kappa shape index (κ2) is 7.54. The summed E-state index contributed by atoms with van der Waals surface area (Å²) in [6.45, 7) is 1.35. The first-order valence-electron chi connectivity index (χ1n) is 9.66. The molecule has 3 aliphatic rings. The zero-order valence-electron chi connectivity index (χ0n) is 15.9. The summed E-state index contributed by atoms with van der Waals surface area (Å²) in [5.41, 5.74) is 1.03. The smallest absolute Gasteiger partial charge is 0.225 e. The summed E-state index contributed by atoms with van der Waals surface area (Å²) < 4.78 is 10.9. The minimum Gasteiger partial charge on any atom is -0.497 e. The second-order valence-electron chi connectivity index (χ2n) is 7.73. The van der Waals surface area contributed by atoms with Crippen LogP contribution in [0.5, 0.6) is 11.5 Å². The van der Waals surface area contributed by atoms with E-state index in [2.05, 4.69) is 15.5 Å². The van der Waals surface area contributed by atoms with Crippen LogP contribution in [0, 0.1) is 5.92 Å². The Kier molecular flexibility index (Phi) is 5.12. The molecule has 1 aromatic rings. The molecule has 0 spiro atoms. The van der Waals surface area contributed by atoms with E-state index in [1.807, 2.05) is 18.2 Å². The van der Waals surface area contributed by atoms with Gasteiger partial charge in [-0.2, -0.15) is 0 Å². The highest BCUT2D eigenvalue weighted by molar-refractivity contribution is 7.80. The summed E-state index contributed by atoms with van der Waals surface area (Å²) in [6.07, 6.45) is 4.52. The van der Waals surface area contributed by atoms with Crippen LogP contribution in [-0.4, -0.2) is 55.3 Å². The fraction of sp³-hybridized carbons (Fsp3) is 0.600. The molecule has 3 fully saturated rings. The predicted molar refractivity (Wildman–Crippen MR) is 107 cm³/mol. The van der Waals surface area contributed by atoms with E-state index in [1.165, 1.54) is 12.8 Å². The SMILES string of the molecule is COc1ccc([C@@H]2CN(C(=S)NC3CC3)C[C@H]2C(=O)NC2CC2)c(OC)c1. The number of thiocarbonyl (C=S) groups is 1. The van der Waals surface area contributed by atoms with E-state index in [4.69, 9.17) is 21.7 Å². The van der Waals surface area contributed by atoms with Crippen molar-refractivity contribution in [3.63, 3.8) is 0 Å². The molecule has 1 heterocycles. The summed E-state index contributed by atoms with van der Waals surface area (Å²) >= 11 is 5.61. The van der Waals surface area contributed by atoms with Gasteiger partial charge in [-0.1, -0.05) is 6.07 Å². The van der Waals surface area contributed by atoms with Gasteiger partial charge in [-0.15, -0.1) is 0 Å². The summed E-state index contributed by atoms with van der Waals surface area (Å²) in [6, 6.07) is 6.68. The van der Waals surface area contributed by atoms with E-state index in [0.717, 1.165) is 35.0 Å². The van der Waals surface area contributed by atoms with Crippen LogP contribution < -0.4 is 20.1 Å². The maximum absolute atomic E-state index is 12.9. The lowest BCUT2D eigenvalue weighted by molar-refractivity contribution is -0.125. The third-order valence-corrected chi connectivity index (χ3v) is 5.99. The number of methoxy groups -OCH3 is 2. The lowest BCUT2D eigenvalue weighted by Gasteiger charge is -2.21. The topological polar surface area (TPSA) is 62.8 Å². The standard InChI is InChI=1S/C20H27N3O3S/c1-25-14-7-8-15(18(9-14)26-2)16-10-23(20(27)22-13-5-6-13)11-17(16)19(24)21-12-3-4-12/h7-9,12-13,16-17H,3-6,10-11H2,1-2H3,(H,21,24)(H,22,27)/t16-,17+/m0/s1.